The molecule has 0 aliphatic carbocycles. The molecule has 0 spiro atoms. The highest BCUT2D eigenvalue weighted by atomic mass is 19.3. The van der Waals surface area contributed by atoms with E-state index in [1.54, 1.807) is 16.7 Å². The molecule has 0 aromatic carbocycles. The van der Waals surface area contributed by atoms with Crippen molar-refractivity contribution >= 4 is 11.5 Å². The first-order valence-electron chi connectivity index (χ1n) is 5.97. The maximum atomic E-state index is 12.6. The largest absolute Gasteiger partial charge is 0.395 e. The number of imidazole rings is 1. The van der Waals surface area contributed by atoms with E-state index in [1.807, 2.05) is 12.1 Å². The average molecular weight is 270 g/mol. The van der Waals surface area contributed by atoms with Crippen molar-refractivity contribution in [3.05, 3.63) is 30.1 Å². The number of nitrogens with two attached hydrogens (primary N) is 1. The summed E-state index contributed by atoms with van der Waals surface area (Å²) in [6, 6.07) is 5.42. The maximum absolute atomic E-state index is 12.6. The SMILES string of the molecule is NCc1c(N(CCO)CC(F)F)nc2ccccn12. The first-order valence-corrected chi connectivity index (χ1v) is 5.97. The second-order valence-corrected chi connectivity index (χ2v) is 4.08. The predicted molar refractivity (Wildman–Crippen MR) is 68.4 cm³/mol. The van der Waals surface area contributed by atoms with Crippen molar-refractivity contribution in [1.29, 1.82) is 0 Å². The zero-order valence-corrected chi connectivity index (χ0v) is 10.3. The number of pyridine rings is 1. The van der Waals surface area contributed by atoms with Crippen molar-refractivity contribution in [2.24, 2.45) is 5.73 Å². The highest BCUT2D eigenvalue weighted by Gasteiger charge is 2.19. The molecule has 7 heteroatoms. The maximum Gasteiger partial charge on any atom is 0.255 e. The van der Waals surface area contributed by atoms with Crippen LogP contribution in [0.3, 0.4) is 0 Å². The summed E-state index contributed by atoms with van der Waals surface area (Å²) in [4.78, 5) is 5.68. The number of aliphatic hydroxyl groups excluding tert-OH is 1. The van der Waals surface area contributed by atoms with Crippen LogP contribution in [0.1, 0.15) is 5.69 Å². The number of hydrogen-bond donors (Lipinski definition) is 2. The van der Waals surface area contributed by atoms with Crippen LogP contribution in [0.5, 0.6) is 0 Å². The Morgan fingerprint density at radius 1 is 1.42 bits per heavy atom. The Morgan fingerprint density at radius 2 is 2.21 bits per heavy atom. The van der Waals surface area contributed by atoms with E-state index in [2.05, 4.69) is 4.98 Å². The van der Waals surface area contributed by atoms with Crippen LogP contribution in [0, 0.1) is 0 Å². The van der Waals surface area contributed by atoms with E-state index < -0.39 is 13.0 Å². The Morgan fingerprint density at radius 3 is 2.84 bits per heavy atom. The molecule has 0 unspecified atom stereocenters. The number of alkyl halides is 2. The summed E-state index contributed by atoms with van der Waals surface area (Å²) in [5, 5.41) is 9.00. The van der Waals surface area contributed by atoms with Crippen LogP contribution in [0.4, 0.5) is 14.6 Å². The van der Waals surface area contributed by atoms with Gasteiger partial charge in [-0.2, -0.15) is 0 Å². The highest BCUT2D eigenvalue weighted by Crippen LogP contribution is 2.22. The van der Waals surface area contributed by atoms with Crippen LogP contribution in [-0.4, -0.2) is 40.6 Å². The topological polar surface area (TPSA) is 66.8 Å². The first-order chi connectivity index (χ1) is 9.17. The van der Waals surface area contributed by atoms with Crippen molar-refractivity contribution in [1.82, 2.24) is 9.38 Å². The number of hydrogen-bond acceptors (Lipinski definition) is 4. The zero-order valence-electron chi connectivity index (χ0n) is 10.3. The second kappa shape index (κ2) is 5.94. The third kappa shape index (κ3) is 2.82. The highest BCUT2D eigenvalue weighted by molar-refractivity contribution is 5.56. The van der Waals surface area contributed by atoms with Crippen molar-refractivity contribution in [2.45, 2.75) is 13.0 Å². The third-order valence-corrected chi connectivity index (χ3v) is 2.83. The number of fused-ring (bicyclic) bond motifs is 1. The lowest BCUT2D eigenvalue weighted by molar-refractivity contribution is 0.152. The van der Waals surface area contributed by atoms with Gasteiger partial charge in [0.05, 0.1) is 18.8 Å². The van der Waals surface area contributed by atoms with Crippen LogP contribution < -0.4 is 10.6 Å². The van der Waals surface area contributed by atoms with Gasteiger partial charge in [-0.3, -0.25) is 0 Å². The number of anilines is 1. The molecule has 0 saturated carbocycles. The molecule has 0 saturated heterocycles. The molecule has 3 N–H and O–H groups in total. The van der Waals surface area contributed by atoms with Crippen molar-refractivity contribution in [2.75, 3.05) is 24.6 Å². The van der Waals surface area contributed by atoms with Crippen LogP contribution in [0.25, 0.3) is 5.65 Å². The molecule has 2 aromatic rings. The fraction of sp³-hybridized carbons (Fsp3) is 0.417. The van der Waals surface area contributed by atoms with Crippen LogP contribution >= 0.6 is 0 Å². The summed E-state index contributed by atoms with van der Waals surface area (Å²) in [6.07, 6.45) is -0.713. The standard InChI is InChI=1S/C12H16F2N4O/c13-10(14)8-17(5-6-19)12-9(7-15)18-4-2-1-3-11(18)16-12/h1-4,10,19H,5-8,15H2. The van der Waals surface area contributed by atoms with E-state index in [4.69, 9.17) is 10.8 Å². The van der Waals surface area contributed by atoms with E-state index in [0.29, 0.717) is 17.2 Å². The van der Waals surface area contributed by atoms with Crippen molar-refractivity contribution in [3.63, 3.8) is 0 Å². The molecule has 0 aliphatic heterocycles. The van der Waals surface area contributed by atoms with Crippen LogP contribution in [0.2, 0.25) is 0 Å². The van der Waals surface area contributed by atoms with E-state index in [1.165, 1.54) is 4.90 Å². The number of aromatic nitrogens is 2. The number of rotatable bonds is 6. The van der Waals surface area contributed by atoms with Gasteiger partial charge in [-0.15, -0.1) is 0 Å². The fourth-order valence-electron chi connectivity index (χ4n) is 2.05. The van der Waals surface area contributed by atoms with Crippen LogP contribution in [0.15, 0.2) is 24.4 Å². The molecule has 0 bridgehead atoms. The molecule has 0 atom stereocenters. The molecule has 2 aromatic heterocycles. The molecule has 2 rings (SSSR count). The quantitative estimate of drug-likeness (QED) is 0.817. The van der Waals surface area contributed by atoms with E-state index in [-0.39, 0.29) is 19.7 Å². The normalized spacial score (nSPS) is 11.4. The summed E-state index contributed by atoms with van der Waals surface area (Å²) >= 11 is 0. The molecular weight excluding hydrogens is 254 g/mol. The van der Waals surface area contributed by atoms with Gasteiger partial charge in [-0.1, -0.05) is 6.07 Å². The number of halogens is 2. The van der Waals surface area contributed by atoms with E-state index >= 15 is 0 Å². The van der Waals surface area contributed by atoms with Gasteiger partial charge >= 0.3 is 0 Å². The van der Waals surface area contributed by atoms with E-state index in [0.717, 1.165) is 0 Å². The second-order valence-electron chi connectivity index (χ2n) is 4.08. The summed E-state index contributed by atoms with van der Waals surface area (Å²) in [5.41, 5.74) is 6.99. The Hall–Kier alpha value is -1.73. The lowest BCUT2D eigenvalue weighted by atomic mass is 10.3. The van der Waals surface area contributed by atoms with Crippen molar-refractivity contribution in [3.8, 4) is 0 Å². The van der Waals surface area contributed by atoms with Gasteiger partial charge in [0.2, 0.25) is 0 Å². The lowest BCUT2D eigenvalue weighted by Crippen LogP contribution is -2.33. The minimum atomic E-state index is -2.50. The first kappa shape index (κ1) is 13.7. The van der Waals surface area contributed by atoms with Gasteiger partial charge in [0, 0.05) is 19.3 Å². The Bertz CT molecular complexity index is 544. The molecule has 5 nitrogen and oxygen atoms in total. The molecule has 19 heavy (non-hydrogen) atoms. The Kier molecular flexibility index (Phi) is 4.28. The van der Waals surface area contributed by atoms with Gasteiger partial charge in [-0.05, 0) is 12.1 Å². The number of aliphatic hydroxyl groups is 1. The molecule has 2 heterocycles. The fourth-order valence-corrected chi connectivity index (χ4v) is 2.05. The molecule has 0 radical (unpaired) electrons. The molecular formula is C12H16F2N4O. The van der Waals surface area contributed by atoms with Gasteiger partial charge in [0.15, 0.2) is 5.82 Å². The average Bonchev–Trinajstić information content (AvgIpc) is 2.76. The van der Waals surface area contributed by atoms with Gasteiger partial charge in [-0.25, -0.2) is 13.8 Å². The Balaban J connectivity index is 2.45. The van der Waals surface area contributed by atoms with Crippen LogP contribution in [-0.2, 0) is 6.54 Å². The summed E-state index contributed by atoms with van der Waals surface area (Å²) in [6.45, 7) is -0.408. The lowest BCUT2D eigenvalue weighted by Gasteiger charge is -2.22. The summed E-state index contributed by atoms with van der Waals surface area (Å²) in [5.74, 6) is 0.406. The predicted octanol–water partition coefficient (Wildman–Crippen LogP) is 0.857. The minimum Gasteiger partial charge on any atom is -0.395 e. The molecule has 0 fully saturated rings. The monoisotopic (exact) mass is 270 g/mol. The summed E-state index contributed by atoms with van der Waals surface area (Å²) in [7, 11) is 0. The summed E-state index contributed by atoms with van der Waals surface area (Å²) < 4.78 is 27.0. The smallest absolute Gasteiger partial charge is 0.255 e. The van der Waals surface area contributed by atoms with Gasteiger partial charge in [0.1, 0.15) is 5.65 Å². The van der Waals surface area contributed by atoms with Gasteiger partial charge in [0.25, 0.3) is 6.43 Å². The molecule has 0 amide bonds. The van der Waals surface area contributed by atoms with Crippen molar-refractivity contribution < 1.29 is 13.9 Å². The Labute approximate surface area is 109 Å². The van der Waals surface area contributed by atoms with E-state index in [9.17, 15) is 8.78 Å². The third-order valence-electron chi connectivity index (χ3n) is 2.83. The molecule has 0 aliphatic rings. The minimum absolute atomic E-state index is 0.0984. The molecule has 104 valence electrons. The zero-order chi connectivity index (χ0) is 13.8. The van der Waals surface area contributed by atoms with Gasteiger partial charge < -0.3 is 20.1 Å². The number of nitrogens with zero attached hydrogens (tertiary/aromatic N) is 3.